The van der Waals surface area contributed by atoms with Crippen molar-refractivity contribution >= 4 is 17.7 Å². The molecule has 2 aliphatic heterocycles. The molecule has 0 aromatic heterocycles. The summed E-state index contributed by atoms with van der Waals surface area (Å²) < 4.78 is 5.15. The summed E-state index contributed by atoms with van der Waals surface area (Å²) in [7, 11) is 1.59. The van der Waals surface area contributed by atoms with Gasteiger partial charge in [-0.25, -0.2) is 0 Å². The summed E-state index contributed by atoms with van der Waals surface area (Å²) in [5.74, 6) is 0.622. The van der Waals surface area contributed by atoms with Crippen molar-refractivity contribution in [1.29, 1.82) is 0 Å². The second-order valence-electron chi connectivity index (χ2n) is 8.20. The van der Waals surface area contributed by atoms with Crippen LogP contribution in [0.1, 0.15) is 41.2 Å². The molecule has 2 fully saturated rings. The molecule has 7 heteroatoms. The Morgan fingerprint density at radius 3 is 2.12 bits per heavy atom. The van der Waals surface area contributed by atoms with Crippen LogP contribution in [0.15, 0.2) is 54.6 Å². The molecule has 2 aliphatic rings. The first-order chi connectivity index (χ1) is 15.6. The fraction of sp³-hybridized carbons (Fsp3) is 0.400. The highest BCUT2D eigenvalue weighted by Gasteiger charge is 2.36. The summed E-state index contributed by atoms with van der Waals surface area (Å²) >= 11 is 0. The van der Waals surface area contributed by atoms with Crippen LogP contribution in [0, 0.1) is 0 Å². The number of carbonyl (C=O) groups excluding carboxylic acids is 3. The van der Waals surface area contributed by atoms with Gasteiger partial charge in [0.05, 0.1) is 7.11 Å². The van der Waals surface area contributed by atoms with Gasteiger partial charge in [0.1, 0.15) is 11.8 Å². The lowest BCUT2D eigenvalue weighted by Gasteiger charge is -2.40. The molecular formula is C25H29N3O4. The number of carbonyl (C=O) groups is 3. The van der Waals surface area contributed by atoms with E-state index in [9.17, 15) is 14.4 Å². The number of piperidine rings is 1. The van der Waals surface area contributed by atoms with Crippen LogP contribution in [-0.2, 0) is 9.59 Å². The molecule has 0 bridgehead atoms. The largest absolute Gasteiger partial charge is 0.497 e. The number of piperazine rings is 1. The Hall–Kier alpha value is -3.35. The fourth-order valence-corrected chi connectivity index (χ4v) is 4.41. The van der Waals surface area contributed by atoms with Gasteiger partial charge in [0.2, 0.25) is 11.8 Å². The van der Waals surface area contributed by atoms with Crippen molar-refractivity contribution in [2.75, 3.05) is 39.8 Å². The lowest BCUT2D eigenvalue weighted by Crippen LogP contribution is -2.54. The number of benzene rings is 2. The first kappa shape index (κ1) is 21.9. The normalized spacial score (nSPS) is 17.8. The predicted molar refractivity (Wildman–Crippen MR) is 120 cm³/mol. The van der Waals surface area contributed by atoms with E-state index >= 15 is 0 Å². The van der Waals surface area contributed by atoms with Crippen molar-refractivity contribution in [2.45, 2.75) is 25.3 Å². The van der Waals surface area contributed by atoms with Crippen LogP contribution in [-0.4, -0.2) is 72.3 Å². The molecule has 2 saturated heterocycles. The van der Waals surface area contributed by atoms with Gasteiger partial charge in [-0.3, -0.25) is 14.4 Å². The zero-order valence-electron chi connectivity index (χ0n) is 18.4. The minimum absolute atomic E-state index is 0.0340. The number of likely N-dealkylation sites (tertiary alicyclic amines) is 1. The Morgan fingerprint density at radius 1 is 0.844 bits per heavy atom. The Morgan fingerprint density at radius 2 is 1.50 bits per heavy atom. The molecule has 32 heavy (non-hydrogen) atoms. The third-order valence-corrected chi connectivity index (χ3v) is 6.24. The van der Waals surface area contributed by atoms with Crippen LogP contribution in [0.25, 0.3) is 0 Å². The highest BCUT2D eigenvalue weighted by atomic mass is 16.5. The molecular weight excluding hydrogens is 406 g/mol. The summed E-state index contributed by atoms with van der Waals surface area (Å²) in [6.07, 6.45) is 2.27. The van der Waals surface area contributed by atoms with Gasteiger partial charge >= 0.3 is 0 Å². The van der Waals surface area contributed by atoms with Crippen LogP contribution < -0.4 is 4.74 Å². The highest BCUT2D eigenvalue weighted by molar-refractivity contribution is 5.94. The molecule has 0 aliphatic carbocycles. The maximum absolute atomic E-state index is 13.6. The van der Waals surface area contributed by atoms with Gasteiger partial charge < -0.3 is 19.4 Å². The molecule has 7 nitrogen and oxygen atoms in total. The Labute approximate surface area is 188 Å². The summed E-state index contributed by atoms with van der Waals surface area (Å²) in [5.41, 5.74) is 1.44. The third-order valence-electron chi connectivity index (χ3n) is 6.24. The highest BCUT2D eigenvalue weighted by Crippen LogP contribution is 2.28. The summed E-state index contributed by atoms with van der Waals surface area (Å²) in [5, 5.41) is 0. The standard InChI is InChI=1S/C25H29N3O4/c1-32-21-12-10-20(11-13-21)24(30)26-15-17-27(18-16-26)25(31)23(19-7-3-2-4-8-19)28-14-6-5-9-22(28)29/h2-4,7-8,10-13,23H,5-6,9,14-18H2,1H3. The summed E-state index contributed by atoms with van der Waals surface area (Å²) in [4.78, 5) is 44.4. The smallest absolute Gasteiger partial charge is 0.253 e. The van der Waals surface area contributed by atoms with Crippen LogP contribution in [0.2, 0.25) is 0 Å². The first-order valence-electron chi connectivity index (χ1n) is 11.1. The Balaban J connectivity index is 1.45. The van der Waals surface area contributed by atoms with Crippen LogP contribution >= 0.6 is 0 Å². The van der Waals surface area contributed by atoms with E-state index in [-0.39, 0.29) is 17.7 Å². The van der Waals surface area contributed by atoms with Gasteiger partial charge in [0, 0.05) is 44.7 Å². The number of hydrogen-bond donors (Lipinski definition) is 0. The van der Waals surface area contributed by atoms with E-state index in [4.69, 9.17) is 4.74 Å². The topological polar surface area (TPSA) is 70.2 Å². The van der Waals surface area contributed by atoms with E-state index < -0.39 is 6.04 Å². The lowest BCUT2D eigenvalue weighted by molar-refractivity contribution is -0.148. The molecule has 0 N–H and O–H groups in total. The van der Waals surface area contributed by atoms with Crippen molar-refractivity contribution in [3.05, 3.63) is 65.7 Å². The SMILES string of the molecule is COc1ccc(C(=O)N2CCN(C(=O)C(c3ccccc3)N3CCCCC3=O)CC2)cc1. The van der Waals surface area contributed by atoms with Gasteiger partial charge in [0.15, 0.2) is 0 Å². The van der Waals surface area contributed by atoms with Gasteiger partial charge in [-0.2, -0.15) is 0 Å². The van der Waals surface area contributed by atoms with E-state index in [1.807, 2.05) is 30.3 Å². The summed E-state index contributed by atoms with van der Waals surface area (Å²) in [6.45, 7) is 2.43. The van der Waals surface area contributed by atoms with Crippen molar-refractivity contribution < 1.29 is 19.1 Å². The zero-order valence-corrected chi connectivity index (χ0v) is 18.4. The minimum atomic E-state index is -0.604. The van der Waals surface area contributed by atoms with E-state index in [1.165, 1.54) is 0 Å². The van der Waals surface area contributed by atoms with Crippen molar-refractivity contribution in [2.24, 2.45) is 0 Å². The molecule has 0 spiro atoms. The Kier molecular flexibility index (Phi) is 6.73. The average molecular weight is 436 g/mol. The van der Waals surface area contributed by atoms with Crippen molar-refractivity contribution in [1.82, 2.24) is 14.7 Å². The van der Waals surface area contributed by atoms with Crippen LogP contribution in [0.3, 0.4) is 0 Å². The summed E-state index contributed by atoms with van der Waals surface area (Å²) in [6, 6.07) is 16.0. The molecule has 1 unspecified atom stereocenters. The molecule has 2 aromatic carbocycles. The fourth-order valence-electron chi connectivity index (χ4n) is 4.41. The maximum atomic E-state index is 13.6. The number of hydrogen-bond acceptors (Lipinski definition) is 4. The van der Waals surface area contributed by atoms with E-state index in [2.05, 4.69) is 0 Å². The van der Waals surface area contributed by atoms with Gasteiger partial charge in [-0.1, -0.05) is 30.3 Å². The monoisotopic (exact) mass is 435 g/mol. The molecule has 168 valence electrons. The Bertz CT molecular complexity index is 953. The number of rotatable bonds is 5. The molecule has 0 saturated carbocycles. The zero-order chi connectivity index (χ0) is 22.5. The molecule has 4 rings (SSSR count). The van der Waals surface area contributed by atoms with Gasteiger partial charge in [-0.05, 0) is 42.7 Å². The third kappa shape index (κ3) is 4.61. The number of ether oxygens (including phenoxy) is 1. The second kappa shape index (κ2) is 9.85. The van der Waals surface area contributed by atoms with Crippen molar-refractivity contribution in [3.63, 3.8) is 0 Å². The lowest BCUT2D eigenvalue weighted by atomic mass is 9.99. The molecule has 0 radical (unpaired) electrons. The quantitative estimate of drug-likeness (QED) is 0.724. The second-order valence-corrected chi connectivity index (χ2v) is 8.20. The maximum Gasteiger partial charge on any atom is 0.253 e. The van der Waals surface area contributed by atoms with E-state index in [0.29, 0.717) is 50.5 Å². The number of amides is 3. The first-order valence-corrected chi connectivity index (χ1v) is 11.1. The number of methoxy groups -OCH3 is 1. The average Bonchev–Trinajstić information content (AvgIpc) is 2.85. The van der Waals surface area contributed by atoms with Crippen LogP contribution in [0.4, 0.5) is 0 Å². The van der Waals surface area contributed by atoms with Crippen LogP contribution in [0.5, 0.6) is 5.75 Å². The van der Waals surface area contributed by atoms with Crippen molar-refractivity contribution in [3.8, 4) is 5.75 Å². The van der Waals surface area contributed by atoms with E-state index in [1.54, 1.807) is 46.1 Å². The van der Waals surface area contributed by atoms with E-state index in [0.717, 1.165) is 18.4 Å². The number of nitrogens with zero attached hydrogens (tertiary/aromatic N) is 3. The predicted octanol–water partition coefficient (Wildman–Crippen LogP) is 2.73. The van der Waals surface area contributed by atoms with Gasteiger partial charge in [-0.15, -0.1) is 0 Å². The minimum Gasteiger partial charge on any atom is -0.497 e. The molecule has 2 aromatic rings. The molecule has 2 heterocycles. The molecule has 1 atom stereocenters. The van der Waals surface area contributed by atoms with Gasteiger partial charge in [0.25, 0.3) is 5.91 Å². The molecule has 3 amide bonds.